The molecule has 0 atom stereocenters. The lowest BCUT2D eigenvalue weighted by Crippen LogP contribution is -2.01. The molecule has 2 heterocycles. The first-order valence-corrected chi connectivity index (χ1v) is 9.31. The summed E-state index contributed by atoms with van der Waals surface area (Å²) in [5.41, 5.74) is 4.91. The van der Waals surface area contributed by atoms with Crippen molar-refractivity contribution in [3.63, 3.8) is 0 Å². The van der Waals surface area contributed by atoms with Crippen LogP contribution < -0.4 is 10.1 Å². The van der Waals surface area contributed by atoms with Gasteiger partial charge in [0.2, 0.25) is 0 Å². The zero-order valence-electron chi connectivity index (χ0n) is 17.0. The molecule has 0 saturated carbocycles. The summed E-state index contributed by atoms with van der Waals surface area (Å²) in [6.07, 6.45) is 1.27. The Labute approximate surface area is 172 Å². The van der Waals surface area contributed by atoms with Crippen LogP contribution in [-0.4, -0.2) is 22.2 Å². The second-order valence-corrected chi connectivity index (χ2v) is 6.98. The van der Waals surface area contributed by atoms with Crippen molar-refractivity contribution < 1.29 is 14.2 Å². The van der Waals surface area contributed by atoms with E-state index in [0.29, 0.717) is 28.1 Å². The quantitative estimate of drug-likeness (QED) is 0.347. The van der Waals surface area contributed by atoms with E-state index in [1.807, 2.05) is 51.1 Å². The number of nitrogens with zero attached hydrogens (tertiary/aromatic N) is 3. The highest BCUT2D eigenvalue weighted by Crippen LogP contribution is 2.42. The molecule has 0 aliphatic carbocycles. The molecule has 0 unspecified atom stereocenters. The van der Waals surface area contributed by atoms with Crippen LogP contribution in [-0.2, 0) is 0 Å². The highest BCUT2D eigenvalue weighted by Gasteiger charge is 2.23. The molecular formula is C22H20N4O4. The number of nitro groups is 1. The minimum Gasteiger partial charge on any atom is -0.496 e. The maximum absolute atomic E-state index is 11.7. The van der Waals surface area contributed by atoms with E-state index in [-0.39, 0.29) is 5.69 Å². The van der Waals surface area contributed by atoms with Gasteiger partial charge in [-0.3, -0.25) is 10.1 Å². The number of para-hydroxylation sites is 1. The van der Waals surface area contributed by atoms with Crippen molar-refractivity contribution in [2.45, 2.75) is 20.8 Å². The molecular weight excluding hydrogens is 384 g/mol. The van der Waals surface area contributed by atoms with Gasteiger partial charge in [0.1, 0.15) is 23.4 Å². The zero-order valence-corrected chi connectivity index (χ0v) is 17.0. The third kappa shape index (κ3) is 3.22. The third-order valence-electron chi connectivity index (χ3n) is 5.07. The van der Waals surface area contributed by atoms with Gasteiger partial charge in [-0.05, 0) is 44.5 Å². The topological polar surface area (TPSA) is 103 Å². The summed E-state index contributed by atoms with van der Waals surface area (Å²) in [5.74, 6) is 1.21. The SMILES string of the molecule is COc1cc2c(Nc3ccccc3C)c([N+](=O)[O-])cnc2cc1-c1c(C)noc1C. The molecule has 4 aromatic rings. The first kappa shape index (κ1) is 19.4. The number of fused-ring (bicyclic) bond motifs is 1. The van der Waals surface area contributed by atoms with Crippen LogP contribution in [0.2, 0.25) is 0 Å². The van der Waals surface area contributed by atoms with Crippen molar-refractivity contribution in [2.75, 3.05) is 12.4 Å². The van der Waals surface area contributed by atoms with Gasteiger partial charge in [-0.2, -0.15) is 0 Å². The van der Waals surface area contributed by atoms with Crippen molar-refractivity contribution in [3.05, 3.63) is 69.7 Å². The summed E-state index contributed by atoms with van der Waals surface area (Å²) in [4.78, 5) is 15.6. The number of rotatable bonds is 5. The molecule has 0 aliphatic rings. The van der Waals surface area contributed by atoms with Crippen molar-refractivity contribution in [2.24, 2.45) is 0 Å². The van der Waals surface area contributed by atoms with E-state index >= 15 is 0 Å². The molecule has 0 fully saturated rings. The fourth-order valence-electron chi connectivity index (χ4n) is 3.56. The van der Waals surface area contributed by atoms with Crippen molar-refractivity contribution in [1.29, 1.82) is 0 Å². The lowest BCUT2D eigenvalue weighted by atomic mass is 10.00. The van der Waals surface area contributed by atoms with Gasteiger partial charge < -0.3 is 14.6 Å². The number of aryl methyl sites for hydroxylation is 3. The zero-order chi connectivity index (χ0) is 21.4. The van der Waals surface area contributed by atoms with E-state index in [9.17, 15) is 10.1 Å². The molecule has 0 saturated heterocycles. The number of hydrogen-bond donors (Lipinski definition) is 1. The van der Waals surface area contributed by atoms with Crippen LogP contribution in [0.1, 0.15) is 17.0 Å². The van der Waals surface area contributed by atoms with Crippen LogP contribution in [0.15, 0.2) is 47.1 Å². The monoisotopic (exact) mass is 404 g/mol. The van der Waals surface area contributed by atoms with E-state index in [2.05, 4.69) is 15.5 Å². The number of aromatic nitrogens is 2. The van der Waals surface area contributed by atoms with Gasteiger partial charge in [0.05, 0.1) is 28.8 Å². The van der Waals surface area contributed by atoms with Crippen molar-refractivity contribution in [3.8, 4) is 16.9 Å². The van der Waals surface area contributed by atoms with Gasteiger partial charge in [0.15, 0.2) is 0 Å². The molecule has 8 heteroatoms. The van der Waals surface area contributed by atoms with Gasteiger partial charge in [0, 0.05) is 16.6 Å². The van der Waals surface area contributed by atoms with E-state index in [1.165, 1.54) is 6.20 Å². The van der Waals surface area contributed by atoms with E-state index < -0.39 is 4.92 Å². The lowest BCUT2D eigenvalue weighted by Gasteiger charge is -2.15. The molecule has 2 aromatic heterocycles. The Morgan fingerprint density at radius 3 is 2.57 bits per heavy atom. The Hall–Kier alpha value is -3.94. The van der Waals surface area contributed by atoms with Gasteiger partial charge in [0.25, 0.3) is 0 Å². The maximum Gasteiger partial charge on any atom is 0.311 e. The Bertz CT molecular complexity index is 1260. The summed E-state index contributed by atoms with van der Waals surface area (Å²) in [6, 6.07) is 11.2. The Kier molecular flexibility index (Phi) is 4.83. The molecule has 30 heavy (non-hydrogen) atoms. The van der Waals surface area contributed by atoms with E-state index in [1.54, 1.807) is 13.2 Å². The van der Waals surface area contributed by atoms with Crippen molar-refractivity contribution >= 4 is 28.0 Å². The minimum atomic E-state index is -0.443. The fourth-order valence-corrected chi connectivity index (χ4v) is 3.56. The molecule has 0 radical (unpaired) electrons. The number of anilines is 2. The molecule has 1 N–H and O–H groups in total. The minimum absolute atomic E-state index is 0.113. The van der Waals surface area contributed by atoms with Gasteiger partial charge in [-0.25, -0.2) is 4.98 Å². The summed E-state index contributed by atoms with van der Waals surface area (Å²) in [5, 5.41) is 19.5. The van der Waals surface area contributed by atoms with E-state index in [4.69, 9.17) is 9.26 Å². The van der Waals surface area contributed by atoms with Crippen molar-refractivity contribution in [1.82, 2.24) is 10.1 Å². The van der Waals surface area contributed by atoms with Gasteiger partial charge in [-0.15, -0.1) is 0 Å². The highest BCUT2D eigenvalue weighted by molar-refractivity contribution is 6.01. The smallest absolute Gasteiger partial charge is 0.311 e. The number of nitrogens with one attached hydrogen (secondary N) is 1. The number of pyridine rings is 1. The lowest BCUT2D eigenvalue weighted by molar-refractivity contribution is -0.384. The average Bonchev–Trinajstić information content (AvgIpc) is 3.06. The predicted octanol–water partition coefficient (Wildman–Crippen LogP) is 5.48. The Morgan fingerprint density at radius 1 is 1.17 bits per heavy atom. The van der Waals surface area contributed by atoms with Crippen LogP contribution in [0.25, 0.3) is 22.0 Å². The summed E-state index contributed by atoms with van der Waals surface area (Å²) in [7, 11) is 1.56. The highest BCUT2D eigenvalue weighted by atomic mass is 16.6. The molecule has 152 valence electrons. The molecule has 4 rings (SSSR count). The molecule has 8 nitrogen and oxygen atoms in total. The fraction of sp³-hybridized carbons (Fsp3) is 0.182. The van der Waals surface area contributed by atoms with Gasteiger partial charge in [-0.1, -0.05) is 23.4 Å². The molecule has 0 bridgehead atoms. The first-order valence-electron chi connectivity index (χ1n) is 9.31. The summed E-state index contributed by atoms with van der Waals surface area (Å²) >= 11 is 0. The molecule has 0 amide bonds. The number of hydrogen-bond acceptors (Lipinski definition) is 7. The maximum atomic E-state index is 11.7. The van der Waals surface area contributed by atoms with Crippen LogP contribution in [0.3, 0.4) is 0 Å². The van der Waals surface area contributed by atoms with Crippen LogP contribution >= 0.6 is 0 Å². The first-order chi connectivity index (χ1) is 14.4. The molecule has 0 spiro atoms. The number of benzene rings is 2. The van der Waals surface area contributed by atoms with Crippen LogP contribution in [0.4, 0.5) is 17.1 Å². The Morgan fingerprint density at radius 2 is 1.93 bits per heavy atom. The second kappa shape index (κ2) is 7.47. The van der Waals surface area contributed by atoms with Crippen LogP contribution in [0, 0.1) is 30.9 Å². The third-order valence-corrected chi connectivity index (χ3v) is 5.07. The summed E-state index contributed by atoms with van der Waals surface area (Å²) < 4.78 is 10.9. The van der Waals surface area contributed by atoms with Gasteiger partial charge >= 0.3 is 5.69 Å². The second-order valence-electron chi connectivity index (χ2n) is 6.98. The normalized spacial score (nSPS) is 10.9. The van der Waals surface area contributed by atoms with E-state index in [0.717, 1.165) is 28.1 Å². The molecule has 2 aromatic carbocycles. The number of ether oxygens (including phenoxy) is 1. The predicted molar refractivity (Wildman–Crippen MR) is 114 cm³/mol. The largest absolute Gasteiger partial charge is 0.496 e. The molecule has 0 aliphatic heterocycles. The summed E-state index contributed by atoms with van der Waals surface area (Å²) in [6.45, 7) is 5.62. The Balaban J connectivity index is 1.99. The van der Waals surface area contributed by atoms with Crippen LogP contribution in [0.5, 0.6) is 5.75 Å². The standard InChI is InChI=1S/C22H20N4O4/c1-12-7-5-6-8-17(12)24-22-15-10-20(29-4)16(21-13(2)25-30-14(21)3)9-18(15)23-11-19(22)26(27)28/h5-11H,1-4H3,(H,23,24). The average molecular weight is 404 g/mol. The number of methoxy groups -OCH3 is 1.